The second kappa shape index (κ2) is 7.18. The predicted octanol–water partition coefficient (Wildman–Crippen LogP) is 1.52. The van der Waals surface area contributed by atoms with Crippen molar-refractivity contribution in [3.8, 4) is 0 Å². The van der Waals surface area contributed by atoms with Gasteiger partial charge in [0.25, 0.3) is 0 Å². The molecule has 0 atom stereocenters. The summed E-state index contributed by atoms with van der Waals surface area (Å²) in [7, 11) is 0. The molecule has 1 aromatic carbocycles. The molecule has 0 saturated heterocycles. The maximum absolute atomic E-state index is 11.6. The van der Waals surface area contributed by atoms with E-state index in [9.17, 15) is 9.59 Å². The zero-order chi connectivity index (χ0) is 15.1. The number of carbonyl (C=O) groups is 2. The lowest BCUT2D eigenvalue weighted by Gasteiger charge is -2.06. The minimum atomic E-state index is -0.889. The number of hydrogen-bond acceptors (Lipinski definition) is 4. The van der Waals surface area contributed by atoms with E-state index in [2.05, 4.69) is 15.4 Å². The van der Waals surface area contributed by atoms with Crippen molar-refractivity contribution in [1.29, 1.82) is 0 Å². The Labute approximate surface area is 121 Å². The Balaban J connectivity index is 1.81. The van der Waals surface area contributed by atoms with Crippen molar-refractivity contribution in [2.45, 2.75) is 25.8 Å². The molecule has 7 heteroatoms. The maximum atomic E-state index is 11.6. The van der Waals surface area contributed by atoms with Gasteiger partial charge < -0.3 is 10.4 Å². The Morgan fingerprint density at radius 1 is 1.19 bits per heavy atom. The number of amides is 1. The lowest BCUT2D eigenvalue weighted by Crippen LogP contribution is -2.12. The van der Waals surface area contributed by atoms with Crippen LogP contribution >= 0.6 is 0 Å². The largest absolute Gasteiger partial charge is 0.481 e. The van der Waals surface area contributed by atoms with Crippen LogP contribution in [-0.4, -0.2) is 31.7 Å². The van der Waals surface area contributed by atoms with E-state index in [-0.39, 0.29) is 18.7 Å². The maximum Gasteiger partial charge on any atom is 0.303 e. The number of nitrogens with zero attached hydrogens (tertiary/aromatic N) is 3. The van der Waals surface area contributed by atoms with Crippen molar-refractivity contribution in [2.75, 3.05) is 5.32 Å². The fourth-order valence-electron chi connectivity index (χ4n) is 1.82. The number of carboxylic acid groups (broad SMARTS) is 1. The monoisotopic (exact) mass is 288 g/mol. The predicted molar refractivity (Wildman–Crippen MR) is 75.7 cm³/mol. The first-order valence-corrected chi connectivity index (χ1v) is 6.56. The van der Waals surface area contributed by atoms with Crippen LogP contribution in [0.2, 0.25) is 0 Å². The summed E-state index contributed by atoms with van der Waals surface area (Å²) in [4.78, 5) is 25.8. The number of aromatic nitrogens is 3. The molecule has 7 nitrogen and oxygen atoms in total. The second-order valence-electron chi connectivity index (χ2n) is 4.59. The summed E-state index contributed by atoms with van der Waals surface area (Å²) in [6.07, 6.45) is 3.66. The zero-order valence-electron chi connectivity index (χ0n) is 11.4. The van der Waals surface area contributed by atoms with Gasteiger partial charge in [-0.1, -0.05) is 12.1 Å². The fourth-order valence-corrected chi connectivity index (χ4v) is 1.82. The molecule has 2 N–H and O–H groups in total. The average molecular weight is 288 g/mol. The first-order chi connectivity index (χ1) is 10.1. The molecule has 0 spiro atoms. The standard InChI is InChI=1S/C14H16N4O3/c19-13(2-1-3-14(20)21)17-12-6-4-11(5-7-12)8-18-10-15-9-16-18/h4-7,9-10H,1-3,8H2,(H,17,19)(H,20,21). The number of hydrogen-bond donors (Lipinski definition) is 2. The fraction of sp³-hybridized carbons (Fsp3) is 0.286. The van der Waals surface area contributed by atoms with Gasteiger partial charge in [-0.3, -0.25) is 9.59 Å². The van der Waals surface area contributed by atoms with Crippen molar-refractivity contribution < 1.29 is 14.7 Å². The molecule has 2 rings (SSSR count). The van der Waals surface area contributed by atoms with Crippen molar-refractivity contribution in [1.82, 2.24) is 14.8 Å². The molecule has 2 aromatic rings. The summed E-state index contributed by atoms with van der Waals surface area (Å²) in [6, 6.07) is 7.41. The average Bonchev–Trinajstić information content (AvgIpc) is 2.93. The van der Waals surface area contributed by atoms with E-state index >= 15 is 0 Å². The van der Waals surface area contributed by atoms with E-state index in [1.807, 2.05) is 12.1 Å². The number of nitrogens with one attached hydrogen (secondary N) is 1. The third-order valence-corrected chi connectivity index (χ3v) is 2.84. The van der Waals surface area contributed by atoms with Crippen molar-refractivity contribution >= 4 is 17.6 Å². The molecule has 0 radical (unpaired) electrons. The molecule has 0 fully saturated rings. The SMILES string of the molecule is O=C(O)CCCC(=O)Nc1ccc(Cn2cncn2)cc1. The van der Waals surface area contributed by atoms with Gasteiger partial charge in [-0.15, -0.1) is 0 Å². The summed E-state index contributed by atoms with van der Waals surface area (Å²) in [6.45, 7) is 0.618. The van der Waals surface area contributed by atoms with Crippen molar-refractivity contribution in [3.63, 3.8) is 0 Å². The molecule has 0 aliphatic rings. The molecule has 0 aliphatic heterocycles. The highest BCUT2D eigenvalue weighted by molar-refractivity contribution is 5.90. The Morgan fingerprint density at radius 3 is 2.57 bits per heavy atom. The van der Waals surface area contributed by atoms with Crippen molar-refractivity contribution in [2.24, 2.45) is 0 Å². The number of aliphatic carboxylic acids is 1. The normalized spacial score (nSPS) is 10.3. The Kier molecular flexibility index (Phi) is 5.03. The molecule has 1 aromatic heterocycles. The molecule has 0 aliphatic carbocycles. The molecular weight excluding hydrogens is 272 g/mol. The summed E-state index contributed by atoms with van der Waals surface area (Å²) < 4.78 is 1.71. The van der Waals surface area contributed by atoms with Crippen LogP contribution in [-0.2, 0) is 16.1 Å². The number of carboxylic acids is 1. The molecule has 21 heavy (non-hydrogen) atoms. The number of rotatable bonds is 7. The van der Waals surface area contributed by atoms with Gasteiger partial charge in [0.15, 0.2) is 0 Å². The lowest BCUT2D eigenvalue weighted by atomic mass is 10.2. The third-order valence-electron chi connectivity index (χ3n) is 2.84. The van der Waals surface area contributed by atoms with E-state index < -0.39 is 5.97 Å². The van der Waals surface area contributed by atoms with Crippen LogP contribution in [0.1, 0.15) is 24.8 Å². The Bertz CT molecular complexity index is 593. The first-order valence-electron chi connectivity index (χ1n) is 6.56. The topological polar surface area (TPSA) is 97.1 Å². The van der Waals surface area contributed by atoms with Crippen LogP contribution in [0.4, 0.5) is 5.69 Å². The van der Waals surface area contributed by atoms with Gasteiger partial charge in [-0.05, 0) is 24.1 Å². The number of anilines is 1. The Morgan fingerprint density at radius 2 is 1.95 bits per heavy atom. The van der Waals surface area contributed by atoms with E-state index in [1.54, 1.807) is 23.1 Å². The van der Waals surface area contributed by atoms with E-state index in [0.29, 0.717) is 18.7 Å². The van der Waals surface area contributed by atoms with Gasteiger partial charge in [0.2, 0.25) is 5.91 Å². The van der Waals surface area contributed by atoms with Crippen molar-refractivity contribution in [3.05, 3.63) is 42.5 Å². The molecule has 1 heterocycles. The highest BCUT2D eigenvalue weighted by Crippen LogP contribution is 2.11. The highest BCUT2D eigenvalue weighted by Gasteiger charge is 2.04. The second-order valence-corrected chi connectivity index (χ2v) is 4.59. The summed E-state index contributed by atoms with van der Waals surface area (Å²) in [5, 5.41) is 15.3. The van der Waals surface area contributed by atoms with E-state index in [1.165, 1.54) is 6.33 Å². The van der Waals surface area contributed by atoms with Gasteiger partial charge in [0.05, 0.1) is 6.54 Å². The molecule has 110 valence electrons. The number of benzene rings is 1. The summed E-state index contributed by atoms with van der Waals surface area (Å²) in [5.74, 6) is -1.07. The van der Waals surface area contributed by atoms with E-state index in [0.717, 1.165) is 5.56 Å². The van der Waals surface area contributed by atoms with Gasteiger partial charge >= 0.3 is 5.97 Å². The van der Waals surface area contributed by atoms with Gasteiger partial charge in [0, 0.05) is 18.5 Å². The minimum Gasteiger partial charge on any atom is -0.481 e. The third kappa shape index (κ3) is 5.06. The summed E-state index contributed by atoms with van der Waals surface area (Å²) in [5.41, 5.74) is 1.74. The molecule has 0 saturated carbocycles. The van der Waals surface area contributed by atoms with Gasteiger partial charge in [-0.2, -0.15) is 5.10 Å². The van der Waals surface area contributed by atoms with Crippen LogP contribution in [0.15, 0.2) is 36.9 Å². The van der Waals surface area contributed by atoms with E-state index in [4.69, 9.17) is 5.11 Å². The summed E-state index contributed by atoms with van der Waals surface area (Å²) >= 11 is 0. The molecule has 0 unspecified atom stereocenters. The quantitative estimate of drug-likeness (QED) is 0.805. The molecule has 1 amide bonds. The van der Waals surface area contributed by atoms with Crippen LogP contribution in [0.25, 0.3) is 0 Å². The number of carbonyl (C=O) groups excluding carboxylic acids is 1. The minimum absolute atomic E-state index is 0.00423. The van der Waals surface area contributed by atoms with Crippen LogP contribution in [0.3, 0.4) is 0 Å². The van der Waals surface area contributed by atoms with Crippen LogP contribution in [0, 0.1) is 0 Å². The smallest absolute Gasteiger partial charge is 0.303 e. The van der Waals surface area contributed by atoms with Gasteiger partial charge in [0.1, 0.15) is 12.7 Å². The molecule has 0 bridgehead atoms. The Hall–Kier alpha value is -2.70. The molecular formula is C14H16N4O3. The first kappa shape index (κ1) is 14.7. The highest BCUT2D eigenvalue weighted by atomic mass is 16.4. The zero-order valence-corrected chi connectivity index (χ0v) is 11.4. The van der Waals surface area contributed by atoms with Crippen LogP contribution < -0.4 is 5.32 Å². The van der Waals surface area contributed by atoms with Crippen LogP contribution in [0.5, 0.6) is 0 Å². The lowest BCUT2D eigenvalue weighted by molar-refractivity contribution is -0.137. The van der Waals surface area contributed by atoms with Gasteiger partial charge in [-0.25, -0.2) is 9.67 Å².